The monoisotopic (exact) mass is 184 g/mol. The molecular weight excluding hydrogens is 176 g/mol. The highest BCUT2D eigenvalue weighted by Crippen LogP contribution is 2.24. The number of hydrogen-bond donors (Lipinski definition) is 1. The van der Waals surface area contributed by atoms with Crippen molar-refractivity contribution in [2.45, 2.75) is 6.42 Å². The van der Waals surface area contributed by atoms with Gasteiger partial charge in [-0.25, -0.2) is 4.79 Å². The van der Waals surface area contributed by atoms with Crippen LogP contribution in [-0.2, 0) is 19.1 Å². The summed E-state index contributed by atoms with van der Waals surface area (Å²) in [6, 6.07) is 0. The molecule has 0 saturated heterocycles. The summed E-state index contributed by atoms with van der Waals surface area (Å²) in [6.45, 7) is 0. The Kier molecular flexibility index (Phi) is 2.46. The van der Waals surface area contributed by atoms with Crippen LogP contribution in [0, 0.1) is 5.92 Å². The van der Waals surface area contributed by atoms with Gasteiger partial charge in [0.05, 0.1) is 18.6 Å². The molecule has 1 atom stereocenters. The van der Waals surface area contributed by atoms with E-state index in [2.05, 4.69) is 4.74 Å². The van der Waals surface area contributed by atoms with Crippen LogP contribution < -0.4 is 0 Å². The van der Waals surface area contributed by atoms with Gasteiger partial charge in [0.1, 0.15) is 0 Å². The van der Waals surface area contributed by atoms with Gasteiger partial charge in [-0.1, -0.05) is 0 Å². The second-order valence-electron chi connectivity index (χ2n) is 2.65. The van der Waals surface area contributed by atoms with E-state index in [9.17, 15) is 14.4 Å². The molecular formula is C8H8O5. The van der Waals surface area contributed by atoms with E-state index in [0.29, 0.717) is 0 Å². The molecule has 0 fully saturated rings. The molecule has 0 aliphatic heterocycles. The van der Waals surface area contributed by atoms with Crippen LogP contribution >= 0.6 is 0 Å². The molecule has 1 N–H and O–H groups in total. The van der Waals surface area contributed by atoms with Crippen molar-refractivity contribution in [1.29, 1.82) is 0 Å². The zero-order valence-corrected chi connectivity index (χ0v) is 6.94. The maximum absolute atomic E-state index is 11.0. The van der Waals surface area contributed by atoms with Gasteiger partial charge in [-0.2, -0.15) is 0 Å². The number of hydrogen-bond acceptors (Lipinski definition) is 4. The third-order valence-electron chi connectivity index (χ3n) is 1.83. The molecule has 70 valence electrons. The number of carbonyl (C=O) groups is 3. The number of carboxylic acids is 1. The molecule has 5 heteroatoms. The summed E-state index contributed by atoms with van der Waals surface area (Å²) in [5.41, 5.74) is -0.183. The number of ether oxygens (including phenoxy) is 1. The molecule has 0 amide bonds. The second kappa shape index (κ2) is 3.38. The number of esters is 1. The normalized spacial score (nSPS) is 21.2. The SMILES string of the molecule is COC(=O)C1CC(=O)C=C1C(=O)O. The Morgan fingerprint density at radius 1 is 1.62 bits per heavy atom. The second-order valence-corrected chi connectivity index (χ2v) is 2.65. The minimum absolute atomic E-state index is 0.103. The minimum Gasteiger partial charge on any atom is -0.478 e. The highest BCUT2D eigenvalue weighted by atomic mass is 16.5. The maximum Gasteiger partial charge on any atom is 0.332 e. The molecule has 1 aliphatic rings. The quantitative estimate of drug-likeness (QED) is 0.599. The number of allylic oxidation sites excluding steroid dienone is 1. The Morgan fingerprint density at radius 3 is 2.69 bits per heavy atom. The van der Waals surface area contributed by atoms with Crippen molar-refractivity contribution in [2.24, 2.45) is 5.92 Å². The number of rotatable bonds is 2. The average molecular weight is 184 g/mol. The topological polar surface area (TPSA) is 80.7 Å². The first kappa shape index (κ1) is 9.44. The summed E-state index contributed by atoms with van der Waals surface area (Å²) in [4.78, 5) is 32.4. The van der Waals surface area contributed by atoms with E-state index >= 15 is 0 Å². The van der Waals surface area contributed by atoms with Crippen molar-refractivity contribution in [1.82, 2.24) is 0 Å². The van der Waals surface area contributed by atoms with Crippen LogP contribution in [0.4, 0.5) is 0 Å². The molecule has 0 spiro atoms. The fourth-order valence-corrected chi connectivity index (χ4v) is 1.21. The van der Waals surface area contributed by atoms with Gasteiger partial charge in [0.15, 0.2) is 5.78 Å². The molecule has 0 aromatic rings. The van der Waals surface area contributed by atoms with Gasteiger partial charge in [-0.3, -0.25) is 9.59 Å². The predicted molar refractivity (Wildman–Crippen MR) is 40.8 cm³/mol. The van der Waals surface area contributed by atoms with E-state index in [0.717, 1.165) is 13.2 Å². The summed E-state index contributed by atoms with van der Waals surface area (Å²) >= 11 is 0. The van der Waals surface area contributed by atoms with E-state index in [-0.39, 0.29) is 17.8 Å². The summed E-state index contributed by atoms with van der Waals surface area (Å²) in [6.07, 6.45) is 0.873. The van der Waals surface area contributed by atoms with Crippen molar-refractivity contribution < 1.29 is 24.2 Å². The van der Waals surface area contributed by atoms with Gasteiger partial charge in [0, 0.05) is 6.42 Å². The van der Waals surface area contributed by atoms with Crippen molar-refractivity contribution in [3.63, 3.8) is 0 Å². The maximum atomic E-state index is 11.0. The zero-order chi connectivity index (χ0) is 10.0. The minimum atomic E-state index is -1.25. The molecule has 0 heterocycles. The number of ketones is 1. The van der Waals surface area contributed by atoms with Gasteiger partial charge in [-0.15, -0.1) is 0 Å². The fourth-order valence-electron chi connectivity index (χ4n) is 1.21. The van der Waals surface area contributed by atoms with Crippen LogP contribution in [0.1, 0.15) is 6.42 Å². The van der Waals surface area contributed by atoms with Gasteiger partial charge in [0.2, 0.25) is 0 Å². The highest BCUT2D eigenvalue weighted by Gasteiger charge is 2.35. The Morgan fingerprint density at radius 2 is 2.23 bits per heavy atom. The summed E-state index contributed by atoms with van der Waals surface area (Å²) in [5.74, 6) is -3.22. The molecule has 1 aliphatic carbocycles. The van der Waals surface area contributed by atoms with E-state index in [4.69, 9.17) is 5.11 Å². The smallest absolute Gasteiger partial charge is 0.332 e. The summed E-state index contributed by atoms with van der Waals surface area (Å²) < 4.78 is 4.37. The van der Waals surface area contributed by atoms with E-state index in [1.807, 2.05) is 0 Å². The van der Waals surface area contributed by atoms with Crippen LogP contribution in [0.3, 0.4) is 0 Å². The average Bonchev–Trinajstić information content (AvgIpc) is 2.46. The molecule has 0 radical (unpaired) electrons. The van der Waals surface area contributed by atoms with Gasteiger partial charge in [0.25, 0.3) is 0 Å². The molecule has 1 rings (SSSR count). The Bertz CT molecular complexity index is 302. The van der Waals surface area contributed by atoms with Crippen LogP contribution in [-0.4, -0.2) is 29.9 Å². The molecule has 1 unspecified atom stereocenters. The standard InChI is InChI=1S/C8H8O5/c1-13-8(12)6-3-4(9)2-5(6)7(10)11/h2,6H,3H2,1H3,(H,10,11). The van der Waals surface area contributed by atoms with Crippen molar-refractivity contribution in [3.8, 4) is 0 Å². The molecule has 5 nitrogen and oxygen atoms in total. The lowest BCUT2D eigenvalue weighted by atomic mass is 10.0. The molecule has 0 aromatic heterocycles. The van der Waals surface area contributed by atoms with Gasteiger partial charge >= 0.3 is 11.9 Å². The number of carboxylic acid groups (broad SMARTS) is 1. The van der Waals surface area contributed by atoms with Crippen LogP contribution in [0.5, 0.6) is 0 Å². The number of aliphatic carboxylic acids is 1. The molecule has 0 saturated carbocycles. The fraction of sp³-hybridized carbons (Fsp3) is 0.375. The first-order chi connectivity index (χ1) is 6.06. The van der Waals surface area contributed by atoms with E-state index in [1.54, 1.807) is 0 Å². The molecule has 13 heavy (non-hydrogen) atoms. The Labute approximate surface area is 74.0 Å². The van der Waals surface area contributed by atoms with Gasteiger partial charge in [-0.05, 0) is 6.08 Å². The predicted octanol–water partition coefficient (Wildman–Crippen LogP) is -0.241. The third kappa shape index (κ3) is 1.74. The Balaban J connectivity index is 2.90. The first-order valence-electron chi connectivity index (χ1n) is 3.61. The van der Waals surface area contributed by atoms with Gasteiger partial charge < -0.3 is 9.84 Å². The van der Waals surface area contributed by atoms with Crippen molar-refractivity contribution >= 4 is 17.7 Å². The first-order valence-corrected chi connectivity index (χ1v) is 3.61. The lowest BCUT2D eigenvalue weighted by molar-refractivity contribution is -0.147. The summed E-state index contributed by atoms with van der Waals surface area (Å²) in [7, 11) is 1.16. The van der Waals surface area contributed by atoms with Crippen LogP contribution in [0.2, 0.25) is 0 Å². The van der Waals surface area contributed by atoms with Crippen molar-refractivity contribution in [3.05, 3.63) is 11.6 Å². The van der Waals surface area contributed by atoms with Crippen molar-refractivity contribution in [2.75, 3.05) is 7.11 Å². The Hall–Kier alpha value is -1.65. The van der Waals surface area contributed by atoms with E-state index < -0.39 is 17.9 Å². The molecule has 0 aromatic carbocycles. The highest BCUT2D eigenvalue weighted by molar-refractivity contribution is 6.08. The largest absolute Gasteiger partial charge is 0.478 e. The third-order valence-corrected chi connectivity index (χ3v) is 1.83. The zero-order valence-electron chi connectivity index (χ0n) is 6.94. The lowest BCUT2D eigenvalue weighted by Crippen LogP contribution is -2.20. The molecule has 0 bridgehead atoms. The van der Waals surface area contributed by atoms with Crippen LogP contribution in [0.15, 0.2) is 11.6 Å². The van der Waals surface area contributed by atoms with Crippen LogP contribution in [0.25, 0.3) is 0 Å². The van der Waals surface area contributed by atoms with E-state index in [1.165, 1.54) is 0 Å². The lowest BCUT2D eigenvalue weighted by Gasteiger charge is -2.07. The number of methoxy groups -OCH3 is 1. The summed E-state index contributed by atoms with van der Waals surface area (Å²) in [5, 5.41) is 8.62. The number of carbonyl (C=O) groups excluding carboxylic acids is 2.